The van der Waals surface area contributed by atoms with Crippen LogP contribution in [0.25, 0.3) is 0 Å². The van der Waals surface area contributed by atoms with Gasteiger partial charge in [-0.3, -0.25) is 4.79 Å². The van der Waals surface area contributed by atoms with Gasteiger partial charge >= 0.3 is 0 Å². The number of benzene rings is 1. The predicted octanol–water partition coefficient (Wildman–Crippen LogP) is 2.68. The van der Waals surface area contributed by atoms with E-state index in [0.29, 0.717) is 0 Å². The van der Waals surface area contributed by atoms with Gasteiger partial charge in [0.2, 0.25) is 5.91 Å². The molecule has 0 aromatic heterocycles. The van der Waals surface area contributed by atoms with Crippen molar-refractivity contribution in [2.24, 2.45) is 11.7 Å². The summed E-state index contributed by atoms with van der Waals surface area (Å²) in [6, 6.07) is 5.24. The molecule has 0 aliphatic rings. The van der Waals surface area contributed by atoms with Crippen LogP contribution in [-0.4, -0.2) is 11.9 Å². The minimum Gasteiger partial charge on any atom is -0.324 e. The van der Waals surface area contributed by atoms with Crippen LogP contribution < -0.4 is 11.1 Å². The summed E-state index contributed by atoms with van der Waals surface area (Å²) in [7, 11) is 0. The van der Waals surface area contributed by atoms with E-state index in [1.54, 1.807) is 0 Å². The molecule has 0 radical (unpaired) electrons. The first kappa shape index (κ1) is 13.2. The minimum absolute atomic E-state index is 0.135. The van der Waals surface area contributed by atoms with E-state index >= 15 is 0 Å². The third-order valence-corrected chi connectivity index (χ3v) is 2.96. The summed E-state index contributed by atoms with van der Waals surface area (Å²) in [6.07, 6.45) is 0. The highest BCUT2D eigenvalue weighted by atomic mass is 79.9. The molecule has 1 amide bonds. The van der Waals surface area contributed by atoms with Crippen molar-refractivity contribution in [3.05, 3.63) is 28.2 Å². The monoisotopic (exact) mass is 284 g/mol. The normalized spacial score (nSPS) is 12.6. The van der Waals surface area contributed by atoms with Gasteiger partial charge < -0.3 is 11.1 Å². The van der Waals surface area contributed by atoms with Gasteiger partial charge in [0.15, 0.2) is 0 Å². The summed E-state index contributed by atoms with van der Waals surface area (Å²) in [5.74, 6) is -0.00354. The molecule has 3 nitrogen and oxygen atoms in total. The highest BCUT2D eigenvalue weighted by molar-refractivity contribution is 9.10. The Morgan fingerprint density at radius 2 is 2.06 bits per heavy atom. The average Bonchev–Trinajstić information content (AvgIpc) is 2.20. The molecule has 1 rings (SSSR count). The molecule has 88 valence electrons. The minimum atomic E-state index is -0.469. The van der Waals surface area contributed by atoms with E-state index in [1.807, 2.05) is 39.0 Å². The lowest BCUT2D eigenvalue weighted by atomic mass is 10.0. The van der Waals surface area contributed by atoms with Crippen LogP contribution in [0.5, 0.6) is 0 Å². The SMILES string of the molecule is Cc1cc(Br)ccc1NC(=O)[C@H](N)C(C)C. The molecule has 0 saturated carbocycles. The van der Waals surface area contributed by atoms with Crippen molar-refractivity contribution in [2.75, 3.05) is 5.32 Å². The first-order chi connectivity index (χ1) is 7.41. The molecular formula is C12H17BrN2O. The summed E-state index contributed by atoms with van der Waals surface area (Å²) in [4.78, 5) is 11.7. The maximum absolute atomic E-state index is 11.7. The van der Waals surface area contributed by atoms with Gasteiger partial charge in [-0.25, -0.2) is 0 Å². The maximum atomic E-state index is 11.7. The molecule has 0 heterocycles. The average molecular weight is 285 g/mol. The van der Waals surface area contributed by atoms with E-state index in [9.17, 15) is 4.79 Å². The van der Waals surface area contributed by atoms with Gasteiger partial charge in [0.1, 0.15) is 0 Å². The number of carbonyl (C=O) groups is 1. The van der Waals surface area contributed by atoms with Crippen molar-refractivity contribution in [2.45, 2.75) is 26.8 Å². The summed E-state index contributed by atoms with van der Waals surface area (Å²) in [5.41, 5.74) is 7.59. The molecular weight excluding hydrogens is 268 g/mol. The zero-order valence-electron chi connectivity index (χ0n) is 9.75. The lowest BCUT2D eigenvalue weighted by molar-refractivity contribution is -0.118. The maximum Gasteiger partial charge on any atom is 0.241 e. The number of rotatable bonds is 3. The topological polar surface area (TPSA) is 55.1 Å². The van der Waals surface area contributed by atoms with Gasteiger partial charge in [0.05, 0.1) is 6.04 Å². The summed E-state index contributed by atoms with van der Waals surface area (Å²) in [6.45, 7) is 5.80. The van der Waals surface area contributed by atoms with Crippen LogP contribution in [0, 0.1) is 12.8 Å². The Kier molecular flexibility index (Phi) is 4.50. The fraction of sp³-hybridized carbons (Fsp3) is 0.417. The number of anilines is 1. The number of nitrogens with one attached hydrogen (secondary N) is 1. The summed E-state index contributed by atoms with van der Waals surface area (Å²) in [5, 5.41) is 2.83. The van der Waals surface area contributed by atoms with E-state index in [0.717, 1.165) is 15.7 Å². The molecule has 0 fully saturated rings. The molecule has 0 spiro atoms. The number of amides is 1. The van der Waals surface area contributed by atoms with Crippen LogP contribution in [0.3, 0.4) is 0 Å². The molecule has 3 N–H and O–H groups in total. The molecule has 0 aliphatic heterocycles. The molecule has 1 atom stereocenters. The van der Waals surface area contributed by atoms with Gasteiger partial charge in [-0.1, -0.05) is 29.8 Å². The van der Waals surface area contributed by atoms with Crippen LogP contribution in [0.1, 0.15) is 19.4 Å². The Hall–Kier alpha value is -0.870. The van der Waals surface area contributed by atoms with Crippen LogP contribution in [0.4, 0.5) is 5.69 Å². The zero-order valence-corrected chi connectivity index (χ0v) is 11.3. The fourth-order valence-electron chi connectivity index (χ4n) is 1.29. The van der Waals surface area contributed by atoms with Crippen molar-refractivity contribution in [1.82, 2.24) is 0 Å². The van der Waals surface area contributed by atoms with Crippen molar-refractivity contribution in [3.8, 4) is 0 Å². The molecule has 1 aromatic carbocycles. The van der Waals surface area contributed by atoms with Gasteiger partial charge in [0.25, 0.3) is 0 Å². The smallest absolute Gasteiger partial charge is 0.241 e. The molecule has 0 aliphatic carbocycles. The molecule has 16 heavy (non-hydrogen) atoms. The predicted molar refractivity (Wildman–Crippen MR) is 70.3 cm³/mol. The lowest BCUT2D eigenvalue weighted by Gasteiger charge is -2.16. The van der Waals surface area contributed by atoms with E-state index in [1.165, 1.54) is 0 Å². The molecule has 0 unspecified atom stereocenters. The Morgan fingerprint density at radius 3 is 2.56 bits per heavy atom. The van der Waals surface area contributed by atoms with E-state index in [4.69, 9.17) is 5.73 Å². The third kappa shape index (κ3) is 3.32. The van der Waals surface area contributed by atoms with Crippen molar-refractivity contribution in [3.63, 3.8) is 0 Å². The Morgan fingerprint density at radius 1 is 1.44 bits per heavy atom. The van der Waals surface area contributed by atoms with E-state index < -0.39 is 6.04 Å². The van der Waals surface area contributed by atoms with Crippen molar-refractivity contribution in [1.29, 1.82) is 0 Å². The number of hydrogen-bond donors (Lipinski definition) is 2. The van der Waals surface area contributed by atoms with Gasteiger partial charge in [0, 0.05) is 10.2 Å². The Balaban J connectivity index is 2.77. The Bertz CT molecular complexity index is 391. The highest BCUT2D eigenvalue weighted by Gasteiger charge is 2.17. The van der Waals surface area contributed by atoms with Crippen LogP contribution >= 0.6 is 15.9 Å². The largest absolute Gasteiger partial charge is 0.324 e. The van der Waals surface area contributed by atoms with Crippen molar-refractivity contribution >= 4 is 27.5 Å². The van der Waals surface area contributed by atoms with Crippen LogP contribution in [0.15, 0.2) is 22.7 Å². The standard InChI is InChI=1S/C12H17BrN2O/c1-7(2)11(14)12(16)15-10-5-4-9(13)6-8(10)3/h4-7,11H,14H2,1-3H3,(H,15,16)/t11-/m1/s1. The number of carbonyl (C=O) groups excluding carboxylic acids is 1. The first-order valence-corrected chi connectivity index (χ1v) is 6.03. The van der Waals surface area contributed by atoms with Gasteiger partial charge in [-0.2, -0.15) is 0 Å². The zero-order chi connectivity index (χ0) is 12.3. The van der Waals surface area contributed by atoms with Crippen molar-refractivity contribution < 1.29 is 4.79 Å². The number of nitrogens with two attached hydrogens (primary N) is 1. The fourth-order valence-corrected chi connectivity index (χ4v) is 1.76. The van der Waals surface area contributed by atoms with E-state index in [-0.39, 0.29) is 11.8 Å². The van der Waals surface area contributed by atoms with Crippen LogP contribution in [-0.2, 0) is 4.79 Å². The second-order valence-electron chi connectivity index (χ2n) is 4.22. The first-order valence-electron chi connectivity index (χ1n) is 5.24. The lowest BCUT2D eigenvalue weighted by Crippen LogP contribution is -2.39. The Labute approximate surface area is 105 Å². The number of aryl methyl sites for hydroxylation is 1. The highest BCUT2D eigenvalue weighted by Crippen LogP contribution is 2.20. The molecule has 0 saturated heterocycles. The quantitative estimate of drug-likeness (QED) is 0.897. The summed E-state index contributed by atoms with van der Waals surface area (Å²) >= 11 is 3.38. The van der Waals surface area contributed by atoms with Gasteiger partial charge in [-0.15, -0.1) is 0 Å². The second kappa shape index (κ2) is 5.46. The molecule has 4 heteroatoms. The molecule has 0 bridgehead atoms. The number of hydrogen-bond acceptors (Lipinski definition) is 2. The van der Waals surface area contributed by atoms with Crippen LogP contribution in [0.2, 0.25) is 0 Å². The third-order valence-electron chi connectivity index (χ3n) is 2.47. The summed E-state index contributed by atoms with van der Waals surface area (Å²) < 4.78 is 0.996. The van der Waals surface area contributed by atoms with E-state index in [2.05, 4.69) is 21.2 Å². The molecule has 1 aromatic rings. The number of halogens is 1. The van der Waals surface area contributed by atoms with Gasteiger partial charge in [-0.05, 0) is 36.6 Å². The second-order valence-corrected chi connectivity index (χ2v) is 5.13.